The Labute approximate surface area is 110 Å². The summed E-state index contributed by atoms with van der Waals surface area (Å²) in [6, 6.07) is 0. The molecule has 1 aromatic rings. The Morgan fingerprint density at radius 3 is 2.72 bits per heavy atom. The van der Waals surface area contributed by atoms with E-state index in [4.69, 9.17) is 0 Å². The fourth-order valence-electron chi connectivity index (χ4n) is 2.68. The van der Waals surface area contributed by atoms with Crippen molar-refractivity contribution in [2.75, 3.05) is 33.2 Å². The van der Waals surface area contributed by atoms with Gasteiger partial charge < -0.3 is 10.2 Å². The zero-order valence-electron chi connectivity index (χ0n) is 11.7. The van der Waals surface area contributed by atoms with Gasteiger partial charge in [0, 0.05) is 12.7 Å². The van der Waals surface area contributed by atoms with E-state index in [9.17, 15) is 0 Å². The van der Waals surface area contributed by atoms with Gasteiger partial charge in [-0.15, -0.1) is 0 Å². The number of nitrogens with zero attached hydrogens (tertiary/aromatic N) is 3. The quantitative estimate of drug-likeness (QED) is 0.831. The second-order valence-electron chi connectivity index (χ2n) is 5.46. The maximum Gasteiger partial charge on any atom is 0.0536 e. The Kier molecular flexibility index (Phi) is 5.20. The molecule has 4 nitrogen and oxygen atoms in total. The van der Waals surface area contributed by atoms with Crippen LogP contribution in [0.5, 0.6) is 0 Å². The molecule has 0 amide bonds. The SMILES string of the molecule is CNCCC1CCN(CCn2cc(C)cn2)CC1. The highest BCUT2D eigenvalue weighted by atomic mass is 15.3. The second kappa shape index (κ2) is 6.90. The maximum atomic E-state index is 4.34. The van der Waals surface area contributed by atoms with Crippen molar-refractivity contribution in [1.82, 2.24) is 20.0 Å². The fourth-order valence-corrected chi connectivity index (χ4v) is 2.68. The molecule has 0 aromatic carbocycles. The van der Waals surface area contributed by atoms with Crippen LogP contribution in [0.2, 0.25) is 0 Å². The maximum absolute atomic E-state index is 4.34. The van der Waals surface area contributed by atoms with Crippen molar-refractivity contribution in [3.05, 3.63) is 18.0 Å². The van der Waals surface area contributed by atoms with E-state index < -0.39 is 0 Å². The van der Waals surface area contributed by atoms with Gasteiger partial charge in [0.05, 0.1) is 12.7 Å². The average molecular weight is 250 g/mol. The molecule has 2 heterocycles. The highest BCUT2D eigenvalue weighted by molar-refractivity contribution is 4.99. The smallest absolute Gasteiger partial charge is 0.0536 e. The molecule has 0 saturated carbocycles. The van der Waals surface area contributed by atoms with Gasteiger partial charge in [-0.3, -0.25) is 4.68 Å². The minimum atomic E-state index is 0.931. The van der Waals surface area contributed by atoms with Gasteiger partial charge in [0.15, 0.2) is 0 Å². The third-order valence-electron chi connectivity index (χ3n) is 3.92. The summed E-state index contributed by atoms with van der Waals surface area (Å²) >= 11 is 0. The first-order valence-corrected chi connectivity index (χ1v) is 7.14. The topological polar surface area (TPSA) is 33.1 Å². The molecule has 18 heavy (non-hydrogen) atoms. The van der Waals surface area contributed by atoms with Gasteiger partial charge in [-0.1, -0.05) is 0 Å². The van der Waals surface area contributed by atoms with Crippen molar-refractivity contribution in [3.8, 4) is 0 Å². The summed E-state index contributed by atoms with van der Waals surface area (Å²) in [7, 11) is 2.04. The van der Waals surface area contributed by atoms with Crippen LogP contribution in [-0.2, 0) is 6.54 Å². The molecule has 0 spiro atoms. The molecule has 0 atom stereocenters. The summed E-state index contributed by atoms with van der Waals surface area (Å²) < 4.78 is 2.06. The molecule has 1 saturated heterocycles. The van der Waals surface area contributed by atoms with Crippen molar-refractivity contribution in [2.45, 2.75) is 32.7 Å². The molecule has 0 radical (unpaired) electrons. The van der Waals surface area contributed by atoms with E-state index in [0.717, 1.165) is 25.6 Å². The highest BCUT2D eigenvalue weighted by Crippen LogP contribution is 2.19. The minimum absolute atomic E-state index is 0.931. The first-order chi connectivity index (χ1) is 8.78. The normalized spacial score (nSPS) is 18.3. The third-order valence-corrected chi connectivity index (χ3v) is 3.92. The van der Waals surface area contributed by atoms with Crippen LogP contribution in [0.25, 0.3) is 0 Å². The number of rotatable bonds is 6. The van der Waals surface area contributed by atoms with Crippen molar-refractivity contribution in [3.63, 3.8) is 0 Å². The van der Waals surface area contributed by atoms with Crippen LogP contribution in [0.4, 0.5) is 0 Å². The van der Waals surface area contributed by atoms with Crippen LogP contribution < -0.4 is 5.32 Å². The minimum Gasteiger partial charge on any atom is -0.320 e. The number of aromatic nitrogens is 2. The van der Waals surface area contributed by atoms with Gasteiger partial charge in [-0.2, -0.15) is 5.10 Å². The Morgan fingerprint density at radius 2 is 2.11 bits per heavy atom. The van der Waals surface area contributed by atoms with Crippen LogP contribution in [0.3, 0.4) is 0 Å². The number of likely N-dealkylation sites (tertiary alicyclic amines) is 1. The van der Waals surface area contributed by atoms with E-state index in [2.05, 4.69) is 33.1 Å². The van der Waals surface area contributed by atoms with E-state index in [-0.39, 0.29) is 0 Å². The number of hydrogen-bond acceptors (Lipinski definition) is 3. The predicted molar refractivity (Wildman–Crippen MR) is 74.7 cm³/mol. The first kappa shape index (κ1) is 13.6. The Morgan fingerprint density at radius 1 is 1.33 bits per heavy atom. The molecule has 1 aromatic heterocycles. The standard InChI is InChI=1S/C14H26N4/c1-13-11-16-18(12-13)10-9-17-7-4-14(5-8-17)3-6-15-2/h11-12,14-15H,3-10H2,1-2H3. The van der Waals surface area contributed by atoms with Crippen molar-refractivity contribution in [2.24, 2.45) is 5.92 Å². The van der Waals surface area contributed by atoms with E-state index in [0.29, 0.717) is 0 Å². The molecule has 0 bridgehead atoms. The van der Waals surface area contributed by atoms with Gasteiger partial charge in [0.1, 0.15) is 0 Å². The zero-order valence-corrected chi connectivity index (χ0v) is 11.7. The lowest BCUT2D eigenvalue weighted by molar-refractivity contribution is 0.172. The largest absolute Gasteiger partial charge is 0.320 e. The molecule has 0 aliphatic carbocycles. The molecule has 1 aliphatic rings. The number of nitrogens with one attached hydrogen (secondary N) is 1. The van der Waals surface area contributed by atoms with Gasteiger partial charge in [-0.05, 0) is 64.3 Å². The molecule has 0 unspecified atom stereocenters. The summed E-state index contributed by atoms with van der Waals surface area (Å²) in [6.45, 7) is 7.94. The number of aryl methyl sites for hydroxylation is 1. The van der Waals surface area contributed by atoms with Crippen LogP contribution in [0, 0.1) is 12.8 Å². The molecular weight excluding hydrogens is 224 g/mol. The van der Waals surface area contributed by atoms with Crippen molar-refractivity contribution >= 4 is 0 Å². The Hall–Kier alpha value is -0.870. The lowest BCUT2D eigenvalue weighted by Gasteiger charge is -2.31. The van der Waals surface area contributed by atoms with E-state index in [1.54, 1.807) is 0 Å². The van der Waals surface area contributed by atoms with E-state index in [1.807, 2.05) is 13.2 Å². The molecular formula is C14H26N4. The van der Waals surface area contributed by atoms with E-state index in [1.165, 1.54) is 37.9 Å². The monoisotopic (exact) mass is 250 g/mol. The summed E-state index contributed by atoms with van der Waals surface area (Å²) in [5, 5.41) is 7.59. The van der Waals surface area contributed by atoms with Gasteiger partial charge in [-0.25, -0.2) is 0 Å². The Bertz CT molecular complexity index is 339. The Balaban J connectivity index is 1.64. The van der Waals surface area contributed by atoms with Crippen molar-refractivity contribution in [1.29, 1.82) is 0 Å². The fraction of sp³-hybridized carbons (Fsp3) is 0.786. The zero-order chi connectivity index (χ0) is 12.8. The summed E-state index contributed by atoms with van der Waals surface area (Å²) in [5.74, 6) is 0.931. The molecule has 1 aliphatic heterocycles. The van der Waals surface area contributed by atoms with Crippen LogP contribution in [0.15, 0.2) is 12.4 Å². The average Bonchev–Trinajstić information content (AvgIpc) is 2.81. The van der Waals surface area contributed by atoms with Gasteiger partial charge >= 0.3 is 0 Å². The lowest BCUT2D eigenvalue weighted by Crippen LogP contribution is -2.36. The third kappa shape index (κ3) is 4.10. The van der Waals surface area contributed by atoms with Gasteiger partial charge in [0.25, 0.3) is 0 Å². The molecule has 1 fully saturated rings. The summed E-state index contributed by atoms with van der Waals surface area (Å²) in [6.07, 6.45) is 8.12. The molecule has 4 heteroatoms. The first-order valence-electron chi connectivity index (χ1n) is 7.14. The lowest BCUT2D eigenvalue weighted by atomic mass is 9.93. The predicted octanol–water partition coefficient (Wildman–Crippen LogP) is 1.51. The number of hydrogen-bond donors (Lipinski definition) is 1. The summed E-state index contributed by atoms with van der Waals surface area (Å²) in [4.78, 5) is 2.58. The molecule has 102 valence electrons. The van der Waals surface area contributed by atoms with Gasteiger partial charge in [0.2, 0.25) is 0 Å². The highest BCUT2D eigenvalue weighted by Gasteiger charge is 2.18. The molecule has 1 N–H and O–H groups in total. The molecule has 2 rings (SSSR count). The number of piperidine rings is 1. The van der Waals surface area contributed by atoms with E-state index >= 15 is 0 Å². The summed E-state index contributed by atoms with van der Waals surface area (Å²) in [5.41, 5.74) is 1.25. The second-order valence-corrected chi connectivity index (χ2v) is 5.46. The van der Waals surface area contributed by atoms with Crippen molar-refractivity contribution < 1.29 is 0 Å². The van der Waals surface area contributed by atoms with Crippen LogP contribution in [0.1, 0.15) is 24.8 Å². The van der Waals surface area contributed by atoms with Crippen LogP contribution >= 0.6 is 0 Å². The van der Waals surface area contributed by atoms with Crippen LogP contribution in [-0.4, -0.2) is 47.9 Å².